The van der Waals surface area contributed by atoms with E-state index in [1.807, 2.05) is 6.92 Å². The molecule has 24 heavy (non-hydrogen) atoms. The summed E-state index contributed by atoms with van der Waals surface area (Å²) in [6.07, 6.45) is 4.38. The van der Waals surface area contributed by atoms with Crippen molar-refractivity contribution in [2.24, 2.45) is 5.92 Å². The van der Waals surface area contributed by atoms with E-state index < -0.39 is 0 Å². The summed E-state index contributed by atoms with van der Waals surface area (Å²) >= 11 is 5.22. The van der Waals surface area contributed by atoms with Crippen LogP contribution in [-0.2, 0) is 6.54 Å². The highest BCUT2D eigenvalue weighted by Gasteiger charge is 2.20. The van der Waals surface area contributed by atoms with Crippen molar-refractivity contribution in [2.75, 3.05) is 0 Å². The summed E-state index contributed by atoms with van der Waals surface area (Å²) in [5.74, 6) is 0.662. The molecule has 1 aliphatic rings. The molecule has 128 valence electrons. The third kappa shape index (κ3) is 3.29. The normalized spacial score (nSPS) is 20.9. The minimum atomic E-state index is -0.121. The lowest BCUT2D eigenvalue weighted by molar-refractivity contribution is 0.0923. The van der Waals surface area contributed by atoms with Gasteiger partial charge in [0.05, 0.1) is 10.9 Å². The van der Waals surface area contributed by atoms with Crippen molar-refractivity contribution >= 4 is 29.0 Å². The Hall–Kier alpha value is -1.95. The van der Waals surface area contributed by atoms with Crippen LogP contribution in [0.1, 0.15) is 49.9 Å². The van der Waals surface area contributed by atoms with Crippen molar-refractivity contribution in [3.63, 3.8) is 0 Å². The molecule has 1 aliphatic carbocycles. The number of fused-ring (bicyclic) bond motifs is 1. The molecule has 0 unspecified atom stereocenters. The second-order valence-electron chi connectivity index (χ2n) is 6.67. The van der Waals surface area contributed by atoms with Gasteiger partial charge in [0.25, 0.3) is 11.5 Å². The van der Waals surface area contributed by atoms with E-state index in [0.29, 0.717) is 27.8 Å². The van der Waals surface area contributed by atoms with Gasteiger partial charge in [-0.3, -0.25) is 14.2 Å². The Balaban J connectivity index is 1.86. The van der Waals surface area contributed by atoms with E-state index in [0.717, 1.165) is 31.6 Å². The first kappa shape index (κ1) is 16.9. The molecule has 6 heteroatoms. The molecule has 3 rings (SSSR count). The molecule has 2 aromatic rings. The van der Waals surface area contributed by atoms with Crippen LogP contribution >= 0.6 is 12.2 Å². The molecular weight excluding hydrogens is 322 g/mol. The third-order valence-corrected chi connectivity index (χ3v) is 5.23. The predicted molar refractivity (Wildman–Crippen MR) is 98.0 cm³/mol. The molecule has 0 radical (unpaired) electrons. The molecule has 1 fully saturated rings. The maximum atomic E-state index is 12.5. The van der Waals surface area contributed by atoms with Crippen LogP contribution in [0.5, 0.6) is 0 Å². The van der Waals surface area contributed by atoms with E-state index >= 15 is 0 Å². The zero-order chi connectivity index (χ0) is 17.3. The van der Waals surface area contributed by atoms with E-state index in [1.165, 1.54) is 4.57 Å². The molecule has 0 saturated heterocycles. The summed E-state index contributed by atoms with van der Waals surface area (Å²) in [5, 5.41) is 3.66. The number of nitrogens with zero attached hydrogens (tertiary/aromatic N) is 1. The van der Waals surface area contributed by atoms with Crippen molar-refractivity contribution < 1.29 is 4.79 Å². The highest BCUT2D eigenvalue weighted by Crippen LogP contribution is 2.23. The fourth-order valence-electron chi connectivity index (χ4n) is 3.36. The molecule has 1 heterocycles. The first-order chi connectivity index (χ1) is 11.5. The summed E-state index contributed by atoms with van der Waals surface area (Å²) in [7, 11) is 0. The second kappa shape index (κ2) is 6.89. The first-order valence-corrected chi connectivity index (χ1v) is 8.98. The molecule has 0 atom stereocenters. The Bertz CT molecular complexity index is 876. The van der Waals surface area contributed by atoms with Gasteiger partial charge in [0.1, 0.15) is 0 Å². The number of aromatic amines is 1. The molecule has 0 spiro atoms. The fourth-order valence-corrected chi connectivity index (χ4v) is 3.68. The van der Waals surface area contributed by atoms with E-state index in [1.54, 1.807) is 18.2 Å². The summed E-state index contributed by atoms with van der Waals surface area (Å²) < 4.78 is 1.90. The van der Waals surface area contributed by atoms with Gasteiger partial charge >= 0.3 is 0 Å². The minimum Gasteiger partial charge on any atom is -0.349 e. The van der Waals surface area contributed by atoms with Gasteiger partial charge in [0.2, 0.25) is 0 Å². The van der Waals surface area contributed by atoms with Gasteiger partial charge in [-0.1, -0.05) is 6.92 Å². The van der Waals surface area contributed by atoms with Crippen LogP contribution < -0.4 is 10.9 Å². The molecule has 1 saturated carbocycles. The van der Waals surface area contributed by atoms with E-state index in [4.69, 9.17) is 12.2 Å². The van der Waals surface area contributed by atoms with Crippen LogP contribution in [-0.4, -0.2) is 21.5 Å². The van der Waals surface area contributed by atoms with Gasteiger partial charge in [0, 0.05) is 18.2 Å². The Morgan fingerprint density at radius 1 is 1.33 bits per heavy atom. The first-order valence-electron chi connectivity index (χ1n) is 8.57. The number of rotatable bonds is 3. The smallest absolute Gasteiger partial charge is 0.262 e. The largest absolute Gasteiger partial charge is 0.349 e. The molecule has 0 aliphatic heterocycles. The molecule has 1 amide bonds. The van der Waals surface area contributed by atoms with E-state index in [9.17, 15) is 9.59 Å². The average molecular weight is 345 g/mol. The monoisotopic (exact) mass is 345 g/mol. The van der Waals surface area contributed by atoms with Crippen molar-refractivity contribution in [3.05, 3.63) is 38.9 Å². The Morgan fingerprint density at radius 2 is 2.04 bits per heavy atom. The van der Waals surface area contributed by atoms with Crippen LogP contribution in [0.2, 0.25) is 0 Å². The van der Waals surface area contributed by atoms with Gasteiger partial charge in [-0.25, -0.2) is 0 Å². The van der Waals surface area contributed by atoms with Crippen LogP contribution in [0, 0.1) is 10.7 Å². The SMILES string of the molecule is CCn1c(=S)[nH]c2cc(C(=O)NC3CCC(C)CC3)ccc2c1=O. The Morgan fingerprint density at radius 3 is 2.71 bits per heavy atom. The summed E-state index contributed by atoms with van der Waals surface area (Å²) in [4.78, 5) is 27.9. The summed E-state index contributed by atoms with van der Waals surface area (Å²) in [6, 6.07) is 5.37. The fraction of sp³-hybridized carbons (Fsp3) is 0.500. The van der Waals surface area contributed by atoms with Gasteiger partial charge in [-0.05, 0) is 68.9 Å². The van der Waals surface area contributed by atoms with Crippen LogP contribution in [0.3, 0.4) is 0 Å². The number of aromatic nitrogens is 2. The maximum Gasteiger partial charge on any atom is 0.262 e. The number of amides is 1. The molecular formula is C18H23N3O2S. The number of carbonyl (C=O) groups is 1. The third-order valence-electron chi connectivity index (χ3n) is 4.91. The zero-order valence-electron chi connectivity index (χ0n) is 14.1. The number of hydrogen-bond donors (Lipinski definition) is 2. The quantitative estimate of drug-likeness (QED) is 0.838. The van der Waals surface area contributed by atoms with Gasteiger partial charge in [0.15, 0.2) is 4.77 Å². The minimum absolute atomic E-state index is 0.0876. The molecule has 1 aromatic carbocycles. The van der Waals surface area contributed by atoms with Gasteiger partial charge < -0.3 is 10.3 Å². The molecule has 5 nitrogen and oxygen atoms in total. The van der Waals surface area contributed by atoms with E-state index in [-0.39, 0.29) is 17.5 Å². The van der Waals surface area contributed by atoms with Crippen molar-refractivity contribution in [1.29, 1.82) is 0 Å². The number of hydrogen-bond acceptors (Lipinski definition) is 3. The summed E-state index contributed by atoms with van der Waals surface area (Å²) in [6.45, 7) is 4.66. The second-order valence-corrected chi connectivity index (χ2v) is 7.06. The van der Waals surface area contributed by atoms with E-state index in [2.05, 4.69) is 17.2 Å². The van der Waals surface area contributed by atoms with Gasteiger partial charge in [-0.2, -0.15) is 0 Å². The van der Waals surface area contributed by atoms with Crippen molar-refractivity contribution in [3.8, 4) is 0 Å². The van der Waals surface area contributed by atoms with Crippen LogP contribution in [0.4, 0.5) is 0 Å². The lowest BCUT2D eigenvalue weighted by atomic mass is 9.87. The molecule has 1 aromatic heterocycles. The topological polar surface area (TPSA) is 66.9 Å². The standard InChI is InChI=1S/C18H23N3O2S/c1-3-21-17(23)14-9-6-12(10-15(14)20-18(21)24)16(22)19-13-7-4-11(2)5-8-13/h6,9-11,13H,3-5,7-8H2,1-2H3,(H,19,22)(H,20,24). The lowest BCUT2D eigenvalue weighted by Crippen LogP contribution is -2.37. The molecule has 2 N–H and O–H groups in total. The number of carbonyl (C=O) groups excluding carboxylic acids is 1. The Labute approximate surface area is 146 Å². The van der Waals surface area contributed by atoms with Crippen molar-refractivity contribution in [1.82, 2.24) is 14.9 Å². The maximum absolute atomic E-state index is 12.5. The highest BCUT2D eigenvalue weighted by molar-refractivity contribution is 7.71. The lowest BCUT2D eigenvalue weighted by Gasteiger charge is -2.26. The number of benzene rings is 1. The average Bonchev–Trinajstić information content (AvgIpc) is 2.56. The van der Waals surface area contributed by atoms with Gasteiger partial charge in [-0.15, -0.1) is 0 Å². The molecule has 0 bridgehead atoms. The van der Waals surface area contributed by atoms with Crippen LogP contribution in [0.25, 0.3) is 10.9 Å². The van der Waals surface area contributed by atoms with Crippen molar-refractivity contribution in [2.45, 2.75) is 52.1 Å². The van der Waals surface area contributed by atoms with Crippen LogP contribution in [0.15, 0.2) is 23.0 Å². The zero-order valence-corrected chi connectivity index (χ0v) is 14.9. The Kier molecular flexibility index (Phi) is 4.85. The highest BCUT2D eigenvalue weighted by atomic mass is 32.1. The summed E-state index contributed by atoms with van der Waals surface area (Å²) in [5.41, 5.74) is 1.05. The number of H-pyrrole nitrogens is 1. The number of nitrogens with one attached hydrogen (secondary N) is 2. The predicted octanol–water partition coefficient (Wildman–Crippen LogP) is 3.39.